The molecule has 9 aromatic carbocycles. The molecule has 0 amide bonds. The molecule has 2 aliphatic rings. The molecule has 0 unspecified atom stereocenters. The molecule has 7 heteroatoms. The van der Waals surface area contributed by atoms with Crippen LogP contribution in [0.2, 0.25) is 0 Å². The lowest BCUT2D eigenvalue weighted by atomic mass is 9.97. The Morgan fingerprint density at radius 1 is 0.349 bits per heavy atom. The first-order chi connectivity index (χ1) is 31.2. The van der Waals surface area contributed by atoms with Crippen LogP contribution in [0.1, 0.15) is 11.1 Å². The van der Waals surface area contributed by atoms with Gasteiger partial charge in [-0.3, -0.25) is 0 Å². The molecule has 2 aliphatic heterocycles. The van der Waals surface area contributed by atoms with E-state index in [1.807, 2.05) is 72.8 Å². The Balaban J connectivity index is 1.37. The van der Waals surface area contributed by atoms with Gasteiger partial charge in [0, 0.05) is 0 Å². The van der Waals surface area contributed by atoms with Crippen molar-refractivity contribution in [3.8, 4) is 46.3 Å². The number of fused-ring (bicyclic) bond motifs is 4. The number of nitrogens with zero attached hydrogens (tertiary/aromatic N) is 4. The summed E-state index contributed by atoms with van der Waals surface area (Å²) in [5.41, 5.74) is 7.74. The summed E-state index contributed by atoms with van der Waals surface area (Å²) in [5.74, 6) is 2.92. The van der Waals surface area contributed by atoms with E-state index in [9.17, 15) is 10.5 Å². The first-order valence-electron chi connectivity index (χ1n) is 20.8. The quantitative estimate of drug-likeness (QED) is 0.118. The number of para-hydroxylation sites is 8. The molecule has 11 rings (SSSR count). The third-order valence-electron chi connectivity index (χ3n) is 12.1. The molecule has 0 bridgehead atoms. The minimum Gasteiger partial charge on any atom is -0.453 e. The minimum atomic E-state index is -3.32. The number of hydrogen-bond donors (Lipinski definition) is 0. The van der Waals surface area contributed by atoms with E-state index in [1.165, 1.54) is 15.6 Å². The molecule has 0 aromatic heterocycles. The van der Waals surface area contributed by atoms with E-state index >= 15 is 0 Å². The molecule has 0 aliphatic carbocycles. The summed E-state index contributed by atoms with van der Waals surface area (Å²) in [6.07, 6.45) is 0. The Labute approximate surface area is 367 Å². The van der Waals surface area contributed by atoms with Gasteiger partial charge in [-0.05, 0) is 105 Å². The number of hydrogen-bond acceptors (Lipinski definition) is 6. The smallest absolute Gasteiger partial charge is 0.180 e. The second kappa shape index (κ2) is 15.4. The average molecular weight is 825 g/mol. The van der Waals surface area contributed by atoms with E-state index in [2.05, 4.69) is 161 Å². The van der Waals surface area contributed by atoms with Crippen molar-refractivity contribution >= 4 is 62.9 Å². The van der Waals surface area contributed by atoms with Gasteiger partial charge in [-0.25, -0.2) is 0 Å². The maximum atomic E-state index is 10.5. The van der Waals surface area contributed by atoms with Crippen molar-refractivity contribution in [1.29, 1.82) is 10.5 Å². The van der Waals surface area contributed by atoms with Gasteiger partial charge in [0.25, 0.3) is 0 Å². The zero-order chi connectivity index (χ0) is 42.3. The molecule has 0 N–H and O–H groups in total. The Kier molecular flexibility index (Phi) is 9.16. The van der Waals surface area contributed by atoms with E-state index < -0.39 is 8.07 Å². The maximum Gasteiger partial charge on any atom is 0.180 e. The monoisotopic (exact) mass is 824 g/mol. The van der Waals surface area contributed by atoms with Crippen LogP contribution in [0.4, 0.5) is 34.1 Å². The van der Waals surface area contributed by atoms with Crippen molar-refractivity contribution in [3.63, 3.8) is 0 Å². The Morgan fingerprint density at radius 2 is 0.714 bits per heavy atom. The maximum absolute atomic E-state index is 10.5. The summed E-state index contributed by atoms with van der Waals surface area (Å²) in [6, 6.07) is 80.1. The molecule has 63 heavy (non-hydrogen) atoms. The Morgan fingerprint density at radius 3 is 1.11 bits per heavy atom. The number of ether oxygens (including phenoxy) is 2. The van der Waals surface area contributed by atoms with Gasteiger partial charge in [-0.2, -0.15) is 10.5 Å². The Bertz CT molecular complexity index is 3100. The summed E-state index contributed by atoms with van der Waals surface area (Å²) >= 11 is 0. The standard InChI is InChI=1S/C56H36N4O2Si/c57-37-40-33-32-39(34-41(40)38-58)45-35-50(59-46-24-10-14-28-52(46)61-53-29-15-11-25-47(53)59)51(60-48-26-12-16-30-54(48)62-55-31-17-13-27-49(55)60)36-56(45)63(42-18-4-1-5-19-42,43-20-6-2-7-21-43)44-22-8-3-9-23-44/h1-36H. The first-order valence-corrected chi connectivity index (χ1v) is 22.8. The molecular weight excluding hydrogens is 789 g/mol. The second-order valence-corrected chi connectivity index (χ2v) is 19.2. The molecule has 0 fully saturated rings. The molecule has 0 saturated carbocycles. The molecule has 9 aromatic rings. The Hall–Kier alpha value is -8.62. The van der Waals surface area contributed by atoms with Crippen LogP contribution in [-0.4, -0.2) is 8.07 Å². The highest BCUT2D eigenvalue weighted by atomic mass is 28.3. The van der Waals surface area contributed by atoms with Crippen LogP contribution in [0.25, 0.3) is 11.1 Å². The topological polar surface area (TPSA) is 72.5 Å². The van der Waals surface area contributed by atoms with Gasteiger partial charge in [-0.1, -0.05) is 146 Å². The zero-order valence-corrected chi connectivity index (χ0v) is 34.9. The van der Waals surface area contributed by atoms with Crippen LogP contribution in [-0.2, 0) is 0 Å². The third kappa shape index (κ3) is 6.07. The third-order valence-corrected chi connectivity index (χ3v) is 16.9. The number of rotatable bonds is 7. The van der Waals surface area contributed by atoms with Gasteiger partial charge in [0.15, 0.2) is 31.1 Å². The van der Waals surface area contributed by atoms with Crippen molar-refractivity contribution in [3.05, 3.63) is 230 Å². The summed E-state index contributed by atoms with van der Waals surface area (Å²) in [7, 11) is -3.32. The molecule has 6 nitrogen and oxygen atoms in total. The number of anilines is 6. The lowest BCUT2D eigenvalue weighted by molar-refractivity contribution is 0.476. The SMILES string of the molecule is N#Cc1ccc(-c2cc(N3c4ccccc4Oc4ccccc43)c(N3c4ccccc4Oc4ccccc43)cc2[Si](c2ccccc2)(c2ccccc2)c2ccccc2)cc1C#N. The molecule has 2 heterocycles. The number of nitriles is 2. The predicted octanol–water partition coefficient (Wildman–Crippen LogP) is 11.6. The van der Waals surface area contributed by atoms with E-state index in [-0.39, 0.29) is 0 Å². The van der Waals surface area contributed by atoms with Gasteiger partial charge in [0.05, 0.1) is 45.3 Å². The normalized spacial score (nSPS) is 12.3. The van der Waals surface area contributed by atoms with Gasteiger partial charge >= 0.3 is 0 Å². The molecule has 0 atom stereocenters. The minimum absolute atomic E-state index is 0.316. The van der Waals surface area contributed by atoms with Gasteiger partial charge < -0.3 is 19.3 Å². The van der Waals surface area contributed by atoms with Gasteiger partial charge in [-0.15, -0.1) is 0 Å². The van der Waals surface area contributed by atoms with E-state index in [0.717, 1.165) is 73.4 Å². The predicted molar refractivity (Wildman–Crippen MR) is 254 cm³/mol. The van der Waals surface area contributed by atoms with Crippen LogP contribution in [0.3, 0.4) is 0 Å². The fourth-order valence-corrected chi connectivity index (χ4v) is 14.3. The first kappa shape index (κ1) is 37.4. The highest BCUT2D eigenvalue weighted by molar-refractivity contribution is 7.20. The number of benzene rings is 9. The lowest BCUT2D eigenvalue weighted by Gasteiger charge is -2.41. The zero-order valence-electron chi connectivity index (χ0n) is 33.9. The van der Waals surface area contributed by atoms with Crippen LogP contribution in [0.5, 0.6) is 23.0 Å². The van der Waals surface area contributed by atoms with Gasteiger partial charge in [0.2, 0.25) is 0 Å². The average Bonchev–Trinajstić information content (AvgIpc) is 3.36. The summed E-state index contributed by atoms with van der Waals surface area (Å²) < 4.78 is 13.3. The van der Waals surface area contributed by atoms with E-state index in [1.54, 1.807) is 6.07 Å². The highest BCUT2D eigenvalue weighted by Gasteiger charge is 2.45. The summed E-state index contributed by atoms with van der Waals surface area (Å²) in [5, 5.41) is 25.4. The highest BCUT2D eigenvalue weighted by Crippen LogP contribution is 2.57. The molecular formula is C56H36N4O2Si. The van der Waals surface area contributed by atoms with E-state index in [0.29, 0.717) is 11.1 Å². The molecule has 0 saturated heterocycles. The van der Waals surface area contributed by atoms with Crippen molar-refractivity contribution in [1.82, 2.24) is 0 Å². The van der Waals surface area contributed by atoms with Crippen LogP contribution in [0, 0.1) is 22.7 Å². The van der Waals surface area contributed by atoms with E-state index in [4.69, 9.17) is 9.47 Å². The van der Waals surface area contributed by atoms with Crippen LogP contribution in [0.15, 0.2) is 218 Å². The van der Waals surface area contributed by atoms with Crippen molar-refractivity contribution < 1.29 is 9.47 Å². The van der Waals surface area contributed by atoms with Crippen molar-refractivity contribution in [2.24, 2.45) is 0 Å². The largest absolute Gasteiger partial charge is 0.453 e. The molecule has 0 radical (unpaired) electrons. The van der Waals surface area contributed by atoms with Gasteiger partial charge in [0.1, 0.15) is 12.1 Å². The van der Waals surface area contributed by atoms with Crippen molar-refractivity contribution in [2.45, 2.75) is 0 Å². The molecule has 296 valence electrons. The van der Waals surface area contributed by atoms with Crippen molar-refractivity contribution in [2.75, 3.05) is 9.80 Å². The second-order valence-electron chi connectivity index (χ2n) is 15.5. The summed E-state index contributed by atoms with van der Waals surface area (Å²) in [4.78, 5) is 4.63. The lowest BCUT2D eigenvalue weighted by Crippen LogP contribution is -2.75. The van der Waals surface area contributed by atoms with Crippen LogP contribution < -0.4 is 40.0 Å². The fourth-order valence-electron chi connectivity index (χ4n) is 9.35. The summed E-state index contributed by atoms with van der Waals surface area (Å²) in [6.45, 7) is 0. The van der Waals surface area contributed by atoms with Crippen LogP contribution >= 0.6 is 0 Å². The molecule has 0 spiro atoms. The fraction of sp³-hybridized carbons (Fsp3) is 0.